The molecule has 0 aliphatic heterocycles. The summed E-state index contributed by atoms with van der Waals surface area (Å²) in [5.41, 5.74) is 3.04. The van der Waals surface area contributed by atoms with Crippen LogP contribution in [0.25, 0.3) is 0 Å². The number of rotatable bonds is 7. The number of hydrogen-bond acceptors (Lipinski definition) is 2. The molecule has 0 saturated carbocycles. The lowest BCUT2D eigenvalue weighted by molar-refractivity contribution is 0.304. The van der Waals surface area contributed by atoms with Crippen molar-refractivity contribution in [1.29, 1.82) is 0 Å². The van der Waals surface area contributed by atoms with Gasteiger partial charge in [-0.3, -0.25) is 0 Å². The Balaban J connectivity index is 1.72. The molecule has 0 atom stereocenters. The molecule has 0 fully saturated rings. The summed E-state index contributed by atoms with van der Waals surface area (Å²) in [6.07, 6.45) is 8.79. The van der Waals surface area contributed by atoms with Gasteiger partial charge in [0.05, 0.1) is 6.61 Å². The Bertz CT molecular complexity index is 362. The molecule has 0 aromatic heterocycles. The van der Waals surface area contributed by atoms with Gasteiger partial charge in [0.15, 0.2) is 0 Å². The number of unbranched alkanes of at least 4 members (excludes halogenated alkanes) is 2. The number of aryl methyl sites for hydroxylation is 2. The molecule has 0 spiro atoms. The number of benzene rings is 1. The Hall–Kier alpha value is -1.02. The van der Waals surface area contributed by atoms with E-state index in [-0.39, 0.29) is 0 Å². The minimum atomic E-state index is 0.850. The van der Waals surface area contributed by atoms with Crippen LogP contribution in [-0.2, 0) is 12.8 Å². The molecule has 1 aromatic rings. The maximum atomic E-state index is 5.83. The first kappa shape index (κ1) is 13.4. The molecule has 0 unspecified atom stereocenters. The highest BCUT2D eigenvalue weighted by Crippen LogP contribution is 2.25. The van der Waals surface area contributed by atoms with Gasteiger partial charge in [-0.1, -0.05) is 6.07 Å². The van der Waals surface area contributed by atoms with Crippen molar-refractivity contribution in [2.24, 2.45) is 0 Å². The lowest BCUT2D eigenvalue weighted by Crippen LogP contribution is -2.08. The van der Waals surface area contributed by atoms with Crippen molar-refractivity contribution in [3.63, 3.8) is 0 Å². The standard InChI is InChI=1S/C16H25NO/c1-17-11-5-2-6-12-18-16-10-9-14-7-3-4-8-15(14)13-16/h9-10,13,17H,2-8,11-12H2,1H3. The van der Waals surface area contributed by atoms with E-state index in [1.165, 1.54) is 49.7 Å². The van der Waals surface area contributed by atoms with Crippen molar-refractivity contribution in [2.75, 3.05) is 20.2 Å². The molecule has 18 heavy (non-hydrogen) atoms. The number of hydrogen-bond donors (Lipinski definition) is 1. The van der Waals surface area contributed by atoms with Crippen molar-refractivity contribution in [2.45, 2.75) is 44.9 Å². The summed E-state index contributed by atoms with van der Waals surface area (Å²) < 4.78 is 5.83. The van der Waals surface area contributed by atoms with Crippen LogP contribution in [0, 0.1) is 0 Å². The molecule has 2 rings (SSSR count). The Labute approximate surface area is 111 Å². The highest BCUT2D eigenvalue weighted by molar-refractivity contribution is 5.37. The first-order chi connectivity index (χ1) is 8.90. The third-order valence-electron chi connectivity index (χ3n) is 3.66. The third-order valence-corrected chi connectivity index (χ3v) is 3.66. The number of ether oxygens (including phenoxy) is 1. The van der Waals surface area contributed by atoms with Gasteiger partial charge in [-0.15, -0.1) is 0 Å². The van der Waals surface area contributed by atoms with E-state index in [0.717, 1.165) is 25.3 Å². The molecule has 1 aliphatic rings. The molecular formula is C16H25NO. The smallest absolute Gasteiger partial charge is 0.119 e. The number of fused-ring (bicyclic) bond motifs is 1. The molecule has 0 heterocycles. The van der Waals surface area contributed by atoms with Crippen LogP contribution in [0.3, 0.4) is 0 Å². The van der Waals surface area contributed by atoms with Crippen molar-refractivity contribution in [1.82, 2.24) is 5.32 Å². The average molecular weight is 247 g/mol. The third kappa shape index (κ3) is 4.02. The Kier molecular flexibility index (Phi) is 5.53. The lowest BCUT2D eigenvalue weighted by atomic mass is 9.92. The SMILES string of the molecule is CNCCCCCOc1ccc2c(c1)CCCC2. The Morgan fingerprint density at radius 3 is 2.72 bits per heavy atom. The predicted molar refractivity (Wildman–Crippen MR) is 76.4 cm³/mol. The highest BCUT2D eigenvalue weighted by Gasteiger charge is 2.09. The van der Waals surface area contributed by atoms with Crippen LogP contribution in [0.1, 0.15) is 43.2 Å². The second-order valence-corrected chi connectivity index (χ2v) is 5.15. The van der Waals surface area contributed by atoms with Gasteiger partial charge in [-0.2, -0.15) is 0 Å². The molecule has 2 nitrogen and oxygen atoms in total. The van der Waals surface area contributed by atoms with Crippen LogP contribution in [-0.4, -0.2) is 20.2 Å². The second kappa shape index (κ2) is 7.42. The Morgan fingerprint density at radius 2 is 1.89 bits per heavy atom. The van der Waals surface area contributed by atoms with E-state index >= 15 is 0 Å². The summed E-state index contributed by atoms with van der Waals surface area (Å²) in [6, 6.07) is 6.64. The molecule has 0 saturated heterocycles. The molecular weight excluding hydrogens is 222 g/mol. The van der Waals surface area contributed by atoms with E-state index in [1.54, 1.807) is 0 Å². The molecule has 1 aliphatic carbocycles. The topological polar surface area (TPSA) is 21.3 Å². The van der Waals surface area contributed by atoms with Crippen molar-refractivity contribution in [3.8, 4) is 5.75 Å². The quantitative estimate of drug-likeness (QED) is 0.746. The summed E-state index contributed by atoms with van der Waals surface area (Å²) in [5, 5.41) is 3.17. The Morgan fingerprint density at radius 1 is 1.06 bits per heavy atom. The van der Waals surface area contributed by atoms with Gasteiger partial charge in [-0.25, -0.2) is 0 Å². The molecule has 2 heteroatoms. The monoisotopic (exact) mass is 247 g/mol. The van der Waals surface area contributed by atoms with Gasteiger partial charge in [0.1, 0.15) is 5.75 Å². The van der Waals surface area contributed by atoms with Gasteiger partial charge in [0, 0.05) is 0 Å². The van der Waals surface area contributed by atoms with Gasteiger partial charge >= 0.3 is 0 Å². The van der Waals surface area contributed by atoms with E-state index in [1.807, 2.05) is 7.05 Å². The average Bonchev–Trinajstić information content (AvgIpc) is 2.42. The molecule has 1 N–H and O–H groups in total. The maximum absolute atomic E-state index is 5.83. The van der Waals surface area contributed by atoms with E-state index < -0.39 is 0 Å². The fraction of sp³-hybridized carbons (Fsp3) is 0.625. The molecule has 0 bridgehead atoms. The zero-order valence-corrected chi connectivity index (χ0v) is 11.5. The van der Waals surface area contributed by atoms with Crippen molar-refractivity contribution >= 4 is 0 Å². The molecule has 1 aromatic carbocycles. The lowest BCUT2D eigenvalue weighted by Gasteiger charge is -2.16. The fourth-order valence-corrected chi connectivity index (χ4v) is 2.57. The van der Waals surface area contributed by atoms with E-state index in [9.17, 15) is 0 Å². The van der Waals surface area contributed by atoms with Crippen LogP contribution < -0.4 is 10.1 Å². The largest absolute Gasteiger partial charge is 0.494 e. The summed E-state index contributed by atoms with van der Waals surface area (Å²) in [7, 11) is 2.00. The van der Waals surface area contributed by atoms with Gasteiger partial charge in [0.25, 0.3) is 0 Å². The minimum absolute atomic E-state index is 0.850. The van der Waals surface area contributed by atoms with Crippen LogP contribution >= 0.6 is 0 Å². The zero-order valence-electron chi connectivity index (χ0n) is 11.5. The van der Waals surface area contributed by atoms with Crippen LogP contribution in [0.15, 0.2) is 18.2 Å². The van der Waals surface area contributed by atoms with E-state index in [4.69, 9.17) is 4.74 Å². The minimum Gasteiger partial charge on any atom is -0.494 e. The van der Waals surface area contributed by atoms with Crippen molar-refractivity contribution < 1.29 is 4.74 Å². The van der Waals surface area contributed by atoms with Crippen molar-refractivity contribution in [3.05, 3.63) is 29.3 Å². The van der Waals surface area contributed by atoms with Crippen LogP contribution in [0.4, 0.5) is 0 Å². The molecule has 100 valence electrons. The maximum Gasteiger partial charge on any atom is 0.119 e. The van der Waals surface area contributed by atoms with Gasteiger partial charge < -0.3 is 10.1 Å². The van der Waals surface area contributed by atoms with Crippen LogP contribution in [0.5, 0.6) is 5.75 Å². The van der Waals surface area contributed by atoms with E-state index in [0.29, 0.717) is 0 Å². The first-order valence-corrected chi connectivity index (χ1v) is 7.29. The summed E-state index contributed by atoms with van der Waals surface area (Å²) in [4.78, 5) is 0. The highest BCUT2D eigenvalue weighted by atomic mass is 16.5. The second-order valence-electron chi connectivity index (χ2n) is 5.15. The predicted octanol–water partition coefficient (Wildman–Crippen LogP) is 3.33. The number of nitrogens with one attached hydrogen (secondary N) is 1. The molecule has 0 amide bonds. The molecule has 0 radical (unpaired) electrons. The fourth-order valence-electron chi connectivity index (χ4n) is 2.57. The zero-order chi connectivity index (χ0) is 12.6. The first-order valence-electron chi connectivity index (χ1n) is 7.29. The summed E-state index contributed by atoms with van der Waals surface area (Å²) in [6.45, 7) is 1.96. The van der Waals surface area contributed by atoms with Gasteiger partial charge in [0.2, 0.25) is 0 Å². The summed E-state index contributed by atoms with van der Waals surface area (Å²) >= 11 is 0. The summed E-state index contributed by atoms with van der Waals surface area (Å²) in [5.74, 6) is 1.06. The normalized spacial score (nSPS) is 14.3. The van der Waals surface area contributed by atoms with E-state index in [2.05, 4.69) is 23.5 Å². The van der Waals surface area contributed by atoms with Gasteiger partial charge in [-0.05, 0) is 81.8 Å². The van der Waals surface area contributed by atoms with Crippen LogP contribution in [0.2, 0.25) is 0 Å².